The lowest BCUT2D eigenvalue weighted by Gasteiger charge is -2.07. The van der Waals surface area contributed by atoms with E-state index in [1.165, 1.54) is 5.56 Å². The van der Waals surface area contributed by atoms with E-state index in [0.717, 1.165) is 41.1 Å². The highest BCUT2D eigenvalue weighted by Gasteiger charge is 2.02. The first kappa shape index (κ1) is 16.0. The molecule has 0 unspecified atom stereocenters. The molecule has 0 heterocycles. The van der Waals surface area contributed by atoms with Gasteiger partial charge in [-0.3, -0.25) is 4.99 Å². The molecule has 0 fully saturated rings. The van der Waals surface area contributed by atoms with Gasteiger partial charge in [0.1, 0.15) is 5.75 Å². The van der Waals surface area contributed by atoms with Crippen molar-refractivity contribution >= 4 is 11.4 Å². The largest absolute Gasteiger partial charge is 0.497 e. The van der Waals surface area contributed by atoms with E-state index in [1.54, 1.807) is 7.11 Å². The molecule has 2 nitrogen and oxygen atoms in total. The highest BCUT2D eigenvalue weighted by molar-refractivity contribution is 6.01. The Morgan fingerprint density at radius 1 is 1.09 bits per heavy atom. The molecular weight excluding hydrogens is 270 g/mol. The van der Waals surface area contributed by atoms with Crippen LogP contribution in [0.4, 0.5) is 0 Å². The quantitative estimate of drug-likeness (QED) is 0.677. The fourth-order valence-corrected chi connectivity index (χ4v) is 2.33. The minimum absolute atomic E-state index is 0.781. The summed E-state index contributed by atoms with van der Waals surface area (Å²) in [4.78, 5) is 4.64. The van der Waals surface area contributed by atoms with Crippen molar-refractivity contribution in [2.24, 2.45) is 4.99 Å². The van der Waals surface area contributed by atoms with Gasteiger partial charge in [-0.05, 0) is 42.2 Å². The van der Waals surface area contributed by atoms with Gasteiger partial charge in [-0.1, -0.05) is 56.3 Å². The molecular formula is C20H23NO. The van der Waals surface area contributed by atoms with Gasteiger partial charge in [0.2, 0.25) is 0 Å². The molecule has 0 spiro atoms. The number of benzene rings is 2. The fourth-order valence-electron chi connectivity index (χ4n) is 2.33. The summed E-state index contributed by atoms with van der Waals surface area (Å²) in [6.07, 6.45) is 2.27. The van der Waals surface area contributed by atoms with E-state index < -0.39 is 0 Å². The van der Waals surface area contributed by atoms with Crippen LogP contribution in [-0.2, 0) is 6.42 Å². The van der Waals surface area contributed by atoms with Crippen molar-refractivity contribution in [1.82, 2.24) is 0 Å². The fraction of sp³-hybridized carbons (Fsp3) is 0.250. The maximum atomic E-state index is 5.25. The lowest BCUT2D eigenvalue weighted by molar-refractivity contribution is 0.414. The van der Waals surface area contributed by atoms with E-state index in [9.17, 15) is 0 Å². The number of rotatable bonds is 6. The van der Waals surface area contributed by atoms with E-state index in [-0.39, 0.29) is 0 Å². The van der Waals surface area contributed by atoms with Crippen molar-refractivity contribution in [3.63, 3.8) is 0 Å². The highest BCUT2D eigenvalue weighted by Crippen LogP contribution is 2.19. The van der Waals surface area contributed by atoms with E-state index in [1.807, 2.05) is 31.2 Å². The predicted molar refractivity (Wildman–Crippen MR) is 94.7 cm³/mol. The lowest BCUT2D eigenvalue weighted by atomic mass is 10.1. The number of aliphatic imine (C=N–C) groups is 1. The third-order valence-electron chi connectivity index (χ3n) is 3.62. The van der Waals surface area contributed by atoms with Gasteiger partial charge in [-0.25, -0.2) is 0 Å². The van der Waals surface area contributed by atoms with Crippen LogP contribution in [-0.4, -0.2) is 12.8 Å². The van der Waals surface area contributed by atoms with Gasteiger partial charge < -0.3 is 4.74 Å². The van der Waals surface area contributed by atoms with Crippen molar-refractivity contribution < 1.29 is 4.74 Å². The van der Waals surface area contributed by atoms with Gasteiger partial charge in [0, 0.05) is 5.71 Å². The summed E-state index contributed by atoms with van der Waals surface area (Å²) in [6.45, 7) is 8.27. The van der Waals surface area contributed by atoms with Gasteiger partial charge in [-0.15, -0.1) is 0 Å². The van der Waals surface area contributed by atoms with Crippen molar-refractivity contribution in [2.75, 3.05) is 7.11 Å². The molecule has 0 aliphatic rings. The van der Waals surface area contributed by atoms with Crippen LogP contribution < -0.4 is 4.74 Å². The second-order valence-corrected chi connectivity index (χ2v) is 5.32. The van der Waals surface area contributed by atoms with Crippen molar-refractivity contribution in [1.29, 1.82) is 0 Å². The van der Waals surface area contributed by atoms with Crippen LogP contribution in [0.15, 0.2) is 60.1 Å². The van der Waals surface area contributed by atoms with Crippen LogP contribution in [0.25, 0.3) is 5.70 Å². The SMILES string of the molecule is C=C(N=C(C)c1cccc(OC)c1)c1ccc(CCC)cc1. The summed E-state index contributed by atoms with van der Waals surface area (Å²) in [5.74, 6) is 0.835. The molecule has 2 rings (SSSR count). The summed E-state index contributed by atoms with van der Waals surface area (Å²) in [5.41, 5.74) is 5.17. The van der Waals surface area contributed by atoms with E-state index in [2.05, 4.69) is 42.8 Å². The lowest BCUT2D eigenvalue weighted by Crippen LogP contribution is -1.96. The molecule has 0 N–H and O–H groups in total. The topological polar surface area (TPSA) is 21.6 Å². The summed E-state index contributed by atoms with van der Waals surface area (Å²) in [5, 5.41) is 0. The number of methoxy groups -OCH3 is 1. The van der Waals surface area contributed by atoms with Gasteiger partial charge in [0.15, 0.2) is 0 Å². The Labute approximate surface area is 133 Å². The molecule has 0 atom stereocenters. The van der Waals surface area contributed by atoms with Gasteiger partial charge in [0.05, 0.1) is 12.8 Å². The number of hydrogen-bond donors (Lipinski definition) is 0. The Morgan fingerprint density at radius 2 is 1.82 bits per heavy atom. The van der Waals surface area contributed by atoms with E-state index in [0.29, 0.717) is 0 Å². The summed E-state index contributed by atoms with van der Waals surface area (Å²) in [7, 11) is 1.67. The minimum Gasteiger partial charge on any atom is -0.497 e. The maximum Gasteiger partial charge on any atom is 0.119 e. The molecule has 2 heteroatoms. The molecule has 0 saturated carbocycles. The molecule has 0 saturated heterocycles. The van der Waals surface area contributed by atoms with Gasteiger partial charge >= 0.3 is 0 Å². The van der Waals surface area contributed by atoms with E-state index >= 15 is 0 Å². The average Bonchev–Trinajstić information content (AvgIpc) is 2.55. The highest BCUT2D eigenvalue weighted by atomic mass is 16.5. The predicted octanol–water partition coefficient (Wildman–Crippen LogP) is 5.13. The molecule has 2 aromatic carbocycles. The van der Waals surface area contributed by atoms with Gasteiger partial charge in [0.25, 0.3) is 0 Å². The first-order chi connectivity index (χ1) is 10.6. The molecule has 0 aromatic heterocycles. The zero-order valence-electron chi connectivity index (χ0n) is 13.6. The molecule has 2 aromatic rings. The summed E-state index contributed by atoms with van der Waals surface area (Å²) in [6, 6.07) is 16.4. The smallest absolute Gasteiger partial charge is 0.119 e. The number of aryl methyl sites for hydroxylation is 1. The average molecular weight is 293 g/mol. The van der Waals surface area contributed by atoms with Crippen molar-refractivity contribution in [3.05, 3.63) is 71.8 Å². The number of hydrogen-bond acceptors (Lipinski definition) is 2. The molecule has 114 valence electrons. The van der Waals surface area contributed by atoms with Crippen LogP contribution in [0.3, 0.4) is 0 Å². The Kier molecular flexibility index (Phi) is 5.54. The molecule has 0 radical (unpaired) electrons. The molecule has 22 heavy (non-hydrogen) atoms. The molecule has 0 aliphatic heterocycles. The first-order valence-electron chi connectivity index (χ1n) is 7.62. The van der Waals surface area contributed by atoms with Crippen LogP contribution in [0.5, 0.6) is 5.75 Å². The van der Waals surface area contributed by atoms with Crippen LogP contribution in [0.1, 0.15) is 37.0 Å². The Balaban J connectivity index is 2.17. The van der Waals surface area contributed by atoms with E-state index in [4.69, 9.17) is 4.74 Å². The Hall–Kier alpha value is -2.35. The second-order valence-electron chi connectivity index (χ2n) is 5.32. The Bertz CT molecular complexity index is 668. The first-order valence-corrected chi connectivity index (χ1v) is 7.62. The normalized spacial score (nSPS) is 11.3. The minimum atomic E-state index is 0.781. The van der Waals surface area contributed by atoms with Crippen molar-refractivity contribution in [3.8, 4) is 5.75 Å². The van der Waals surface area contributed by atoms with Gasteiger partial charge in [-0.2, -0.15) is 0 Å². The standard InChI is InChI=1S/C20H23NO/c1-5-7-17-10-12-18(13-11-17)15(2)21-16(3)19-8-6-9-20(14-19)22-4/h6,8-14H,2,5,7H2,1,3-4H3. The molecule has 0 aliphatic carbocycles. The summed E-state index contributed by atoms with van der Waals surface area (Å²) < 4.78 is 5.25. The Morgan fingerprint density at radius 3 is 2.45 bits per heavy atom. The van der Waals surface area contributed by atoms with Crippen LogP contribution in [0.2, 0.25) is 0 Å². The number of nitrogens with zero attached hydrogens (tertiary/aromatic N) is 1. The monoisotopic (exact) mass is 293 g/mol. The zero-order chi connectivity index (χ0) is 15.9. The molecule has 0 amide bonds. The number of ether oxygens (including phenoxy) is 1. The third-order valence-corrected chi connectivity index (χ3v) is 3.62. The van der Waals surface area contributed by atoms with Crippen LogP contribution >= 0.6 is 0 Å². The van der Waals surface area contributed by atoms with Crippen molar-refractivity contribution in [2.45, 2.75) is 26.7 Å². The maximum absolute atomic E-state index is 5.25. The second kappa shape index (κ2) is 7.60. The summed E-state index contributed by atoms with van der Waals surface area (Å²) >= 11 is 0. The third kappa shape index (κ3) is 4.08. The van der Waals surface area contributed by atoms with Crippen LogP contribution in [0, 0.1) is 0 Å². The molecule has 0 bridgehead atoms. The zero-order valence-corrected chi connectivity index (χ0v) is 13.6.